The van der Waals surface area contributed by atoms with Crippen LogP contribution in [0, 0.1) is 6.92 Å². The summed E-state index contributed by atoms with van der Waals surface area (Å²) in [6.07, 6.45) is 0. The zero-order valence-electron chi connectivity index (χ0n) is 11.5. The Morgan fingerprint density at radius 1 is 1.14 bits per heavy atom. The molecule has 1 aromatic heterocycles. The number of halogens is 1. The number of nitrogens with one attached hydrogen (secondary N) is 2. The van der Waals surface area contributed by atoms with Crippen LogP contribution in [0.3, 0.4) is 0 Å². The smallest absolute Gasteiger partial charge is 0.251 e. The fraction of sp³-hybridized carbons (Fsp3) is 0.200. The van der Waals surface area contributed by atoms with E-state index < -0.39 is 0 Å². The number of benzene rings is 1. The Morgan fingerprint density at radius 2 is 1.90 bits per heavy atom. The number of hydrogen-bond donors (Lipinski definition) is 2. The second-order valence-corrected chi connectivity index (χ2v) is 7.03. The number of rotatable bonds is 5. The lowest BCUT2D eigenvalue weighted by Crippen LogP contribution is -2.36. The van der Waals surface area contributed by atoms with E-state index in [9.17, 15) is 9.59 Å². The molecule has 6 heteroatoms. The van der Waals surface area contributed by atoms with Crippen molar-refractivity contribution in [2.45, 2.75) is 13.5 Å². The van der Waals surface area contributed by atoms with Crippen LogP contribution in [-0.2, 0) is 11.3 Å². The molecule has 0 saturated carbocycles. The van der Waals surface area contributed by atoms with Gasteiger partial charge in [-0.15, -0.1) is 11.3 Å². The largest absolute Gasteiger partial charge is 0.350 e. The van der Waals surface area contributed by atoms with E-state index in [1.807, 2.05) is 31.2 Å². The predicted molar refractivity (Wildman–Crippen MR) is 87.4 cm³/mol. The number of hydrogen-bond acceptors (Lipinski definition) is 3. The second-order valence-electron chi connectivity index (χ2n) is 4.48. The minimum Gasteiger partial charge on any atom is -0.350 e. The van der Waals surface area contributed by atoms with Gasteiger partial charge >= 0.3 is 0 Å². The third-order valence-corrected chi connectivity index (χ3v) is 4.51. The fourth-order valence-electron chi connectivity index (χ4n) is 1.78. The molecule has 1 aromatic carbocycles. The molecule has 0 bridgehead atoms. The normalized spacial score (nSPS) is 10.2. The van der Waals surface area contributed by atoms with Gasteiger partial charge < -0.3 is 10.6 Å². The maximum atomic E-state index is 12.0. The molecular formula is C15H15BrN2O2S. The summed E-state index contributed by atoms with van der Waals surface area (Å²) in [4.78, 5) is 24.7. The van der Waals surface area contributed by atoms with Gasteiger partial charge in [-0.05, 0) is 46.6 Å². The molecule has 2 aromatic rings. The average molecular weight is 367 g/mol. The van der Waals surface area contributed by atoms with Gasteiger partial charge in [0.2, 0.25) is 5.91 Å². The van der Waals surface area contributed by atoms with Crippen molar-refractivity contribution in [1.82, 2.24) is 10.6 Å². The highest BCUT2D eigenvalue weighted by Crippen LogP contribution is 2.21. The Labute approximate surface area is 135 Å². The number of amides is 2. The van der Waals surface area contributed by atoms with Gasteiger partial charge in [-0.1, -0.05) is 18.2 Å². The van der Waals surface area contributed by atoms with Crippen LogP contribution in [0.15, 0.2) is 40.2 Å². The number of carbonyl (C=O) groups is 2. The van der Waals surface area contributed by atoms with Crippen molar-refractivity contribution in [2.24, 2.45) is 0 Å². The lowest BCUT2D eigenvalue weighted by Gasteiger charge is -2.07. The second kappa shape index (κ2) is 7.38. The Bertz CT molecular complexity index is 655. The van der Waals surface area contributed by atoms with Crippen LogP contribution in [0.4, 0.5) is 0 Å². The standard InChI is InChI=1S/C15H15BrN2O2S/c1-10-4-2-3-5-12(10)15(20)18-9-14(19)17-8-11-6-7-13(16)21-11/h2-7H,8-9H2,1H3,(H,17,19)(H,18,20). The van der Waals surface area contributed by atoms with Gasteiger partial charge in [0.15, 0.2) is 0 Å². The van der Waals surface area contributed by atoms with E-state index in [4.69, 9.17) is 0 Å². The minimum absolute atomic E-state index is 0.0281. The molecule has 2 rings (SSSR count). The molecule has 0 aliphatic heterocycles. The van der Waals surface area contributed by atoms with Gasteiger partial charge in [-0.25, -0.2) is 0 Å². The van der Waals surface area contributed by atoms with Crippen LogP contribution < -0.4 is 10.6 Å². The molecule has 0 unspecified atom stereocenters. The van der Waals surface area contributed by atoms with Crippen molar-refractivity contribution in [3.63, 3.8) is 0 Å². The Kier molecular flexibility index (Phi) is 5.52. The molecule has 0 aliphatic carbocycles. The van der Waals surface area contributed by atoms with Gasteiger partial charge in [0.25, 0.3) is 5.91 Å². The first-order chi connectivity index (χ1) is 10.1. The quantitative estimate of drug-likeness (QED) is 0.854. The molecular weight excluding hydrogens is 352 g/mol. The zero-order chi connectivity index (χ0) is 15.2. The van der Waals surface area contributed by atoms with Crippen LogP contribution in [-0.4, -0.2) is 18.4 Å². The summed E-state index contributed by atoms with van der Waals surface area (Å²) in [5, 5.41) is 5.39. The minimum atomic E-state index is -0.234. The first-order valence-electron chi connectivity index (χ1n) is 6.41. The first-order valence-corrected chi connectivity index (χ1v) is 8.02. The molecule has 0 fully saturated rings. The maximum Gasteiger partial charge on any atom is 0.251 e. The van der Waals surface area contributed by atoms with Crippen molar-refractivity contribution in [2.75, 3.05) is 6.54 Å². The van der Waals surface area contributed by atoms with Crippen molar-refractivity contribution < 1.29 is 9.59 Å². The Morgan fingerprint density at radius 3 is 2.57 bits per heavy atom. The van der Waals surface area contributed by atoms with Crippen LogP contribution >= 0.6 is 27.3 Å². The van der Waals surface area contributed by atoms with E-state index in [0.29, 0.717) is 12.1 Å². The number of aryl methyl sites for hydroxylation is 1. The van der Waals surface area contributed by atoms with Crippen LogP contribution in [0.5, 0.6) is 0 Å². The molecule has 4 nitrogen and oxygen atoms in total. The van der Waals surface area contributed by atoms with Crippen LogP contribution in [0.25, 0.3) is 0 Å². The van der Waals surface area contributed by atoms with Gasteiger partial charge in [-0.2, -0.15) is 0 Å². The summed E-state index contributed by atoms with van der Waals surface area (Å²) in [5.41, 5.74) is 1.48. The van der Waals surface area contributed by atoms with E-state index in [1.165, 1.54) is 0 Å². The monoisotopic (exact) mass is 366 g/mol. The highest BCUT2D eigenvalue weighted by molar-refractivity contribution is 9.11. The van der Waals surface area contributed by atoms with E-state index in [2.05, 4.69) is 26.6 Å². The van der Waals surface area contributed by atoms with Gasteiger partial charge in [0, 0.05) is 10.4 Å². The molecule has 0 saturated heterocycles. The number of thiophene rings is 1. The zero-order valence-corrected chi connectivity index (χ0v) is 13.9. The lowest BCUT2D eigenvalue weighted by atomic mass is 10.1. The van der Waals surface area contributed by atoms with Gasteiger partial charge in [-0.3, -0.25) is 9.59 Å². The molecule has 0 atom stereocenters. The highest BCUT2D eigenvalue weighted by Gasteiger charge is 2.10. The highest BCUT2D eigenvalue weighted by atomic mass is 79.9. The summed E-state index contributed by atoms with van der Waals surface area (Å²) in [7, 11) is 0. The topological polar surface area (TPSA) is 58.2 Å². The third-order valence-electron chi connectivity index (χ3n) is 2.89. The van der Waals surface area contributed by atoms with E-state index in [0.717, 1.165) is 14.2 Å². The Balaban J connectivity index is 1.79. The van der Waals surface area contributed by atoms with Crippen molar-refractivity contribution in [3.05, 3.63) is 56.2 Å². The van der Waals surface area contributed by atoms with Crippen molar-refractivity contribution in [3.8, 4) is 0 Å². The summed E-state index contributed by atoms with van der Waals surface area (Å²) < 4.78 is 1.03. The summed E-state index contributed by atoms with van der Waals surface area (Å²) in [6, 6.07) is 11.2. The van der Waals surface area contributed by atoms with E-state index in [-0.39, 0.29) is 18.4 Å². The molecule has 0 aliphatic rings. The van der Waals surface area contributed by atoms with E-state index in [1.54, 1.807) is 23.5 Å². The summed E-state index contributed by atoms with van der Waals surface area (Å²) in [6.45, 7) is 2.30. The first kappa shape index (κ1) is 15.7. The van der Waals surface area contributed by atoms with E-state index >= 15 is 0 Å². The molecule has 1 heterocycles. The summed E-state index contributed by atoms with van der Waals surface area (Å²) in [5.74, 6) is -0.441. The molecule has 0 radical (unpaired) electrons. The predicted octanol–water partition coefficient (Wildman–Crippen LogP) is 2.87. The van der Waals surface area contributed by atoms with Crippen molar-refractivity contribution in [1.29, 1.82) is 0 Å². The lowest BCUT2D eigenvalue weighted by molar-refractivity contribution is -0.120. The molecule has 21 heavy (non-hydrogen) atoms. The molecule has 110 valence electrons. The van der Waals surface area contributed by atoms with Gasteiger partial charge in [0.1, 0.15) is 0 Å². The third kappa shape index (κ3) is 4.68. The average Bonchev–Trinajstić information content (AvgIpc) is 2.89. The maximum absolute atomic E-state index is 12.0. The van der Waals surface area contributed by atoms with Gasteiger partial charge in [0.05, 0.1) is 16.9 Å². The summed E-state index contributed by atoms with van der Waals surface area (Å²) >= 11 is 4.94. The number of carbonyl (C=O) groups excluding carboxylic acids is 2. The van der Waals surface area contributed by atoms with Crippen molar-refractivity contribution >= 4 is 39.1 Å². The SMILES string of the molecule is Cc1ccccc1C(=O)NCC(=O)NCc1ccc(Br)s1. The van der Waals surface area contributed by atoms with Crippen LogP contribution in [0.2, 0.25) is 0 Å². The molecule has 2 N–H and O–H groups in total. The Hall–Kier alpha value is -1.66. The molecule has 2 amide bonds. The van der Waals surface area contributed by atoms with Crippen LogP contribution in [0.1, 0.15) is 20.8 Å². The molecule has 0 spiro atoms. The fourth-order valence-corrected chi connectivity index (χ4v) is 3.20.